The first-order valence-corrected chi connectivity index (χ1v) is 9.98. The van der Waals surface area contributed by atoms with Crippen molar-refractivity contribution in [3.8, 4) is 0 Å². The Hall–Kier alpha value is -2.44. The lowest BCUT2D eigenvalue weighted by Crippen LogP contribution is -2.63. The fourth-order valence-corrected chi connectivity index (χ4v) is 4.17. The standard InChI is InChI=1S/C21H30N4O3/c1-20(2,3)23-18(27)14-24(15-9-5-6-10-15)19(28)21(4)13-17(26)22-16-11-7-8-12-25(16)21/h7-8,11-12,15H,5-6,9-10,13-14H2,1-4H3,(H,23,27)/t21-/m0/s1. The Morgan fingerprint density at radius 1 is 1.29 bits per heavy atom. The zero-order chi connectivity index (χ0) is 20.5. The maximum absolute atomic E-state index is 13.7. The van der Waals surface area contributed by atoms with Gasteiger partial charge in [0, 0.05) is 17.8 Å². The van der Waals surface area contributed by atoms with Crippen molar-refractivity contribution in [2.24, 2.45) is 4.99 Å². The van der Waals surface area contributed by atoms with E-state index in [-0.39, 0.29) is 42.3 Å². The van der Waals surface area contributed by atoms with Gasteiger partial charge in [-0.15, -0.1) is 0 Å². The van der Waals surface area contributed by atoms with Gasteiger partial charge in [0.25, 0.3) is 5.91 Å². The van der Waals surface area contributed by atoms with Gasteiger partial charge in [0.1, 0.15) is 11.4 Å². The predicted octanol–water partition coefficient (Wildman–Crippen LogP) is 2.15. The molecule has 1 atom stereocenters. The highest BCUT2D eigenvalue weighted by atomic mass is 16.2. The van der Waals surface area contributed by atoms with Gasteiger partial charge in [0.05, 0.1) is 13.0 Å². The van der Waals surface area contributed by atoms with Gasteiger partial charge in [-0.3, -0.25) is 14.4 Å². The van der Waals surface area contributed by atoms with Crippen LogP contribution in [0.25, 0.3) is 0 Å². The molecule has 0 unspecified atom stereocenters. The number of hydrogen-bond acceptors (Lipinski definition) is 4. The van der Waals surface area contributed by atoms with E-state index in [0.717, 1.165) is 25.7 Å². The molecule has 0 radical (unpaired) electrons. The van der Waals surface area contributed by atoms with Gasteiger partial charge in [0.15, 0.2) is 0 Å². The van der Waals surface area contributed by atoms with E-state index in [2.05, 4.69) is 10.3 Å². The van der Waals surface area contributed by atoms with E-state index in [1.165, 1.54) is 0 Å². The number of amides is 3. The fourth-order valence-electron chi connectivity index (χ4n) is 4.17. The van der Waals surface area contributed by atoms with Crippen molar-refractivity contribution in [2.45, 2.75) is 76.9 Å². The molecule has 7 nitrogen and oxygen atoms in total. The molecule has 1 saturated carbocycles. The molecule has 3 rings (SSSR count). The normalized spacial score (nSPS) is 24.8. The van der Waals surface area contributed by atoms with Gasteiger partial charge in [0.2, 0.25) is 11.8 Å². The molecule has 3 amide bonds. The van der Waals surface area contributed by atoms with Crippen LogP contribution in [-0.4, -0.2) is 57.0 Å². The molecule has 0 aromatic carbocycles. The molecular weight excluding hydrogens is 356 g/mol. The van der Waals surface area contributed by atoms with Crippen molar-refractivity contribution in [3.63, 3.8) is 0 Å². The van der Waals surface area contributed by atoms with E-state index in [0.29, 0.717) is 5.84 Å². The smallest absolute Gasteiger partial charge is 0.250 e. The largest absolute Gasteiger partial charge is 0.350 e. The summed E-state index contributed by atoms with van der Waals surface area (Å²) in [4.78, 5) is 46.2. The SMILES string of the molecule is CC(C)(C)NC(=O)CN(C(=O)[C@]1(C)CC(=O)N=C2C=CC=CN21)C1CCCC1. The van der Waals surface area contributed by atoms with E-state index >= 15 is 0 Å². The summed E-state index contributed by atoms with van der Waals surface area (Å²) in [6.07, 6.45) is 11.0. The lowest BCUT2D eigenvalue weighted by molar-refractivity contribution is -0.148. The van der Waals surface area contributed by atoms with Crippen molar-refractivity contribution in [3.05, 3.63) is 24.4 Å². The number of nitrogens with zero attached hydrogens (tertiary/aromatic N) is 3. The molecule has 3 aliphatic rings. The molecule has 2 aliphatic heterocycles. The van der Waals surface area contributed by atoms with Crippen LogP contribution in [0.4, 0.5) is 0 Å². The first-order chi connectivity index (χ1) is 13.1. The molecule has 1 N–H and O–H groups in total. The zero-order valence-corrected chi connectivity index (χ0v) is 17.2. The lowest BCUT2D eigenvalue weighted by atomic mass is 9.89. The van der Waals surface area contributed by atoms with Crippen molar-refractivity contribution in [1.82, 2.24) is 15.1 Å². The van der Waals surface area contributed by atoms with Crippen molar-refractivity contribution >= 4 is 23.6 Å². The molecule has 0 aromatic heterocycles. The maximum atomic E-state index is 13.7. The highest BCUT2D eigenvalue weighted by Crippen LogP contribution is 2.33. The number of rotatable bonds is 4. The predicted molar refractivity (Wildman–Crippen MR) is 107 cm³/mol. The van der Waals surface area contributed by atoms with Crippen LogP contribution in [0, 0.1) is 0 Å². The molecular formula is C21H30N4O3. The first kappa shape index (κ1) is 20.3. The van der Waals surface area contributed by atoms with Crippen LogP contribution in [0.2, 0.25) is 0 Å². The second-order valence-corrected chi connectivity index (χ2v) is 9.05. The van der Waals surface area contributed by atoms with Gasteiger partial charge in [-0.1, -0.05) is 18.9 Å². The summed E-state index contributed by atoms with van der Waals surface area (Å²) in [6, 6.07) is 0.0248. The molecule has 7 heteroatoms. The molecule has 0 spiro atoms. The van der Waals surface area contributed by atoms with Crippen molar-refractivity contribution in [1.29, 1.82) is 0 Å². The van der Waals surface area contributed by atoms with Crippen molar-refractivity contribution in [2.75, 3.05) is 6.54 Å². The van der Waals surface area contributed by atoms with E-state index in [1.54, 1.807) is 35.1 Å². The summed E-state index contributed by atoms with van der Waals surface area (Å²) in [7, 11) is 0. The number of allylic oxidation sites excluding steroid dienone is 2. The second-order valence-electron chi connectivity index (χ2n) is 9.05. The summed E-state index contributed by atoms with van der Waals surface area (Å²) >= 11 is 0. The summed E-state index contributed by atoms with van der Waals surface area (Å²) in [5.41, 5.74) is -1.45. The van der Waals surface area contributed by atoms with E-state index in [4.69, 9.17) is 0 Å². The number of amidine groups is 1. The molecule has 1 fully saturated rings. The van der Waals surface area contributed by atoms with E-state index < -0.39 is 5.54 Å². The van der Waals surface area contributed by atoms with Crippen LogP contribution in [0.3, 0.4) is 0 Å². The van der Waals surface area contributed by atoms with Crippen LogP contribution in [-0.2, 0) is 14.4 Å². The van der Waals surface area contributed by atoms with Gasteiger partial charge >= 0.3 is 0 Å². The highest BCUT2D eigenvalue weighted by molar-refractivity contribution is 6.09. The van der Waals surface area contributed by atoms with E-state index in [1.807, 2.05) is 26.8 Å². The molecule has 28 heavy (non-hydrogen) atoms. The van der Waals surface area contributed by atoms with Gasteiger partial charge in [-0.2, -0.15) is 4.99 Å². The third-order valence-corrected chi connectivity index (χ3v) is 5.42. The van der Waals surface area contributed by atoms with Crippen LogP contribution in [0.15, 0.2) is 29.4 Å². The molecule has 0 bridgehead atoms. The number of carbonyl (C=O) groups is 3. The molecule has 0 saturated heterocycles. The van der Waals surface area contributed by atoms with Crippen LogP contribution >= 0.6 is 0 Å². The van der Waals surface area contributed by atoms with E-state index in [9.17, 15) is 14.4 Å². The molecule has 1 aliphatic carbocycles. The van der Waals surface area contributed by atoms with Crippen LogP contribution in [0.1, 0.15) is 59.8 Å². The topological polar surface area (TPSA) is 82.1 Å². The first-order valence-electron chi connectivity index (χ1n) is 9.98. The summed E-state index contributed by atoms with van der Waals surface area (Å²) < 4.78 is 0. The third-order valence-electron chi connectivity index (χ3n) is 5.42. The average molecular weight is 386 g/mol. The molecule has 0 aromatic rings. The van der Waals surface area contributed by atoms with Gasteiger partial charge in [-0.25, -0.2) is 0 Å². The monoisotopic (exact) mass is 386 g/mol. The zero-order valence-electron chi connectivity index (χ0n) is 17.2. The number of aliphatic imine (C=N–C) groups is 1. The quantitative estimate of drug-likeness (QED) is 0.803. The Bertz CT molecular complexity index is 756. The fraction of sp³-hybridized carbons (Fsp3) is 0.619. The number of fused-ring (bicyclic) bond motifs is 1. The summed E-state index contributed by atoms with van der Waals surface area (Å²) in [6.45, 7) is 7.53. The Balaban J connectivity index is 1.88. The Morgan fingerprint density at radius 3 is 2.61 bits per heavy atom. The Morgan fingerprint density at radius 2 is 1.96 bits per heavy atom. The summed E-state index contributed by atoms with van der Waals surface area (Å²) in [5, 5.41) is 2.95. The van der Waals surface area contributed by atoms with Gasteiger partial charge < -0.3 is 15.1 Å². The number of hydrogen-bond donors (Lipinski definition) is 1. The minimum Gasteiger partial charge on any atom is -0.350 e. The number of nitrogens with one attached hydrogen (secondary N) is 1. The molecule has 2 heterocycles. The Kier molecular flexibility index (Phi) is 5.46. The maximum Gasteiger partial charge on any atom is 0.250 e. The van der Waals surface area contributed by atoms with Crippen LogP contribution < -0.4 is 5.32 Å². The molecule has 152 valence electrons. The number of carbonyl (C=O) groups excluding carboxylic acids is 3. The third kappa shape index (κ3) is 4.18. The Labute approximate surface area is 166 Å². The lowest BCUT2D eigenvalue weighted by Gasteiger charge is -2.45. The van der Waals surface area contributed by atoms with Crippen LogP contribution in [0.5, 0.6) is 0 Å². The van der Waals surface area contributed by atoms with Gasteiger partial charge in [-0.05, 0) is 52.7 Å². The average Bonchev–Trinajstić information content (AvgIpc) is 3.11. The van der Waals surface area contributed by atoms with Crippen molar-refractivity contribution < 1.29 is 14.4 Å². The second kappa shape index (κ2) is 7.53. The highest BCUT2D eigenvalue weighted by Gasteiger charge is 2.48. The minimum atomic E-state index is -1.08. The minimum absolute atomic E-state index is 0.00236. The summed E-state index contributed by atoms with van der Waals surface area (Å²) in [5.74, 6) is -0.210.